The molecule has 0 aliphatic heterocycles. The topological polar surface area (TPSA) is 45.0 Å². The predicted octanol–water partition coefficient (Wildman–Crippen LogP) is 3.58. The van der Waals surface area contributed by atoms with Gasteiger partial charge in [0.1, 0.15) is 0 Å². The van der Waals surface area contributed by atoms with Crippen LogP contribution in [0.5, 0.6) is 0 Å². The zero-order valence-electron chi connectivity index (χ0n) is 11.0. The highest BCUT2D eigenvalue weighted by atomic mass is 19.4. The van der Waals surface area contributed by atoms with E-state index in [-0.39, 0.29) is 0 Å². The van der Waals surface area contributed by atoms with Crippen molar-refractivity contribution in [2.45, 2.75) is 13.1 Å². The van der Waals surface area contributed by atoms with E-state index in [0.717, 1.165) is 11.6 Å². The first-order valence-corrected chi connectivity index (χ1v) is 5.92. The van der Waals surface area contributed by atoms with Crippen LogP contribution in [0.15, 0.2) is 30.4 Å². The van der Waals surface area contributed by atoms with Gasteiger partial charge in [0.05, 0.1) is 30.4 Å². The number of rotatable bonds is 6. The second-order valence-corrected chi connectivity index (χ2v) is 4.31. The Hall–Kier alpha value is -2.00. The number of hydrogen-bond acceptors (Lipinski definition) is 3. The van der Waals surface area contributed by atoms with Crippen molar-refractivity contribution in [3.8, 4) is 6.07 Å². The molecule has 1 N–H and O–H groups in total. The smallest absolute Gasteiger partial charge is 0.383 e. The molecule has 0 fully saturated rings. The Morgan fingerprint density at radius 3 is 2.70 bits per heavy atom. The van der Waals surface area contributed by atoms with Gasteiger partial charge in [-0.25, -0.2) is 0 Å². The van der Waals surface area contributed by atoms with Crippen LogP contribution < -0.4 is 5.32 Å². The summed E-state index contributed by atoms with van der Waals surface area (Å²) in [7, 11) is 0. The van der Waals surface area contributed by atoms with E-state index in [0.29, 0.717) is 25.4 Å². The maximum Gasteiger partial charge on any atom is 0.417 e. The van der Waals surface area contributed by atoms with E-state index in [1.165, 1.54) is 12.1 Å². The summed E-state index contributed by atoms with van der Waals surface area (Å²) in [4.78, 5) is 0. The summed E-state index contributed by atoms with van der Waals surface area (Å²) in [5.74, 6) is 0. The van der Waals surface area contributed by atoms with E-state index in [1.54, 1.807) is 6.07 Å². The van der Waals surface area contributed by atoms with Gasteiger partial charge in [0.2, 0.25) is 0 Å². The van der Waals surface area contributed by atoms with Gasteiger partial charge in [-0.3, -0.25) is 0 Å². The minimum atomic E-state index is -4.52. The van der Waals surface area contributed by atoms with Crippen molar-refractivity contribution in [3.63, 3.8) is 0 Å². The molecule has 0 saturated carbocycles. The summed E-state index contributed by atoms with van der Waals surface area (Å²) < 4.78 is 43.0. The fraction of sp³-hybridized carbons (Fsp3) is 0.357. The summed E-state index contributed by atoms with van der Waals surface area (Å²) in [6.07, 6.45) is -4.52. The third-order valence-electron chi connectivity index (χ3n) is 2.37. The molecule has 1 aromatic rings. The van der Waals surface area contributed by atoms with Crippen molar-refractivity contribution < 1.29 is 17.9 Å². The Morgan fingerprint density at radius 1 is 1.45 bits per heavy atom. The van der Waals surface area contributed by atoms with E-state index < -0.39 is 17.3 Å². The van der Waals surface area contributed by atoms with Crippen molar-refractivity contribution in [1.29, 1.82) is 5.26 Å². The molecule has 6 heteroatoms. The average molecular weight is 284 g/mol. The number of anilines is 1. The molecule has 0 aromatic heterocycles. The number of nitriles is 1. The van der Waals surface area contributed by atoms with Gasteiger partial charge < -0.3 is 10.1 Å². The van der Waals surface area contributed by atoms with Crippen LogP contribution >= 0.6 is 0 Å². The molecule has 20 heavy (non-hydrogen) atoms. The second-order valence-electron chi connectivity index (χ2n) is 4.31. The second kappa shape index (κ2) is 6.96. The molecule has 1 aromatic carbocycles. The summed E-state index contributed by atoms with van der Waals surface area (Å²) in [6.45, 7) is 6.79. The van der Waals surface area contributed by atoms with Gasteiger partial charge in [0.15, 0.2) is 0 Å². The highest BCUT2D eigenvalue weighted by Crippen LogP contribution is 2.32. The molecule has 0 bridgehead atoms. The molecule has 108 valence electrons. The number of benzene rings is 1. The van der Waals surface area contributed by atoms with Gasteiger partial charge in [-0.15, -0.1) is 0 Å². The number of nitrogens with one attached hydrogen (secondary N) is 1. The van der Waals surface area contributed by atoms with Gasteiger partial charge in [-0.05, 0) is 25.1 Å². The molecule has 3 nitrogen and oxygen atoms in total. The monoisotopic (exact) mass is 284 g/mol. The van der Waals surface area contributed by atoms with Gasteiger partial charge >= 0.3 is 6.18 Å². The number of halogens is 3. The van der Waals surface area contributed by atoms with Crippen LogP contribution in [-0.4, -0.2) is 19.8 Å². The molecule has 1 rings (SSSR count). The van der Waals surface area contributed by atoms with Crippen LogP contribution in [0.2, 0.25) is 0 Å². The molecule has 0 atom stereocenters. The predicted molar refractivity (Wildman–Crippen MR) is 70.3 cm³/mol. The molecule has 0 heterocycles. The van der Waals surface area contributed by atoms with E-state index in [1.807, 2.05) is 6.92 Å². The first kappa shape index (κ1) is 16.1. The fourth-order valence-electron chi connectivity index (χ4n) is 1.51. The first-order chi connectivity index (χ1) is 9.34. The molecule has 0 aliphatic carbocycles. The van der Waals surface area contributed by atoms with E-state index in [4.69, 9.17) is 10.00 Å². The third-order valence-corrected chi connectivity index (χ3v) is 2.37. The molecule has 0 unspecified atom stereocenters. The van der Waals surface area contributed by atoms with Crippen LogP contribution in [0.1, 0.15) is 18.1 Å². The largest absolute Gasteiger partial charge is 0.417 e. The number of nitrogens with zero attached hydrogens (tertiary/aromatic N) is 1. The van der Waals surface area contributed by atoms with E-state index in [2.05, 4.69) is 11.9 Å². The molecular formula is C14H15F3N2O. The van der Waals surface area contributed by atoms with Crippen molar-refractivity contribution in [3.05, 3.63) is 41.5 Å². The Bertz CT molecular complexity index is 518. The molecule has 0 aliphatic rings. The molecular weight excluding hydrogens is 269 g/mol. The minimum absolute atomic E-state index is 0.398. The molecule has 0 spiro atoms. The minimum Gasteiger partial charge on any atom is -0.383 e. The standard InChI is InChI=1S/C14H15F3N2O/c1-10(2)9-20-6-5-19-12-3-4-13(14(15,16)17)11(7-12)8-18/h3-4,7,19H,1,5-6,9H2,2H3. The van der Waals surface area contributed by atoms with Gasteiger partial charge in [-0.1, -0.05) is 12.2 Å². The van der Waals surface area contributed by atoms with Crippen molar-refractivity contribution in [2.24, 2.45) is 0 Å². The maximum atomic E-state index is 12.6. The Kier molecular flexibility index (Phi) is 5.59. The zero-order chi connectivity index (χ0) is 15.2. The highest BCUT2D eigenvalue weighted by Gasteiger charge is 2.33. The van der Waals surface area contributed by atoms with Crippen molar-refractivity contribution >= 4 is 5.69 Å². The molecule has 0 radical (unpaired) electrons. The van der Waals surface area contributed by atoms with E-state index in [9.17, 15) is 13.2 Å². The summed E-state index contributed by atoms with van der Waals surface area (Å²) in [5, 5.41) is 11.7. The summed E-state index contributed by atoms with van der Waals surface area (Å²) in [5.41, 5.74) is 0.0224. The van der Waals surface area contributed by atoms with Crippen LogP contribution in [0.4, 0.5) is 18.9 Å². The van der Waals surface area contributed by atoms with Gasteiger partial charge in [0, 0.05) is 12.2 Å². The maximum absolute atomic E-state index is 12.6. The average Bonchev–Trinajstić information content (AvgIpc) is 2.36. The quantitative estimate of drug-likeness (QED) is 0.641. The van der Waals surface area contributed by atoms with E-state index >= 15 is 0 Å². The Labute approximate surface area is 115 Å². The Morgan fingerprint density at radius 2 is 2.15 bits per heavy atom. The number of ether oxygens (including phenoxy) is 1. The zero-order valence-corrected chi connectivity index (χ0v) is 11.0. The van der Waals surface area contributed by atoms with Gasteiger partial charge in [0.25, 0.3) is 0 Å². The van der Waals surface area contributed by atoms with Crippen LogP contribution in [0, 0.1) is 11.3 Å². The third kappa shape index (κ3) is 4.94. The lowest BCUT2D eigenvalue weighted by Gasteiger charge is -2.11. The van der Waals surface area contributed by atoms with Crippen LogP contribution in [-0.2, 0) is 10.9 Å². The molecule has 0 amide bonds. The summed E-state index contributed by atoms with van der Waals surface area (Å²) in [6, 6.07) is 4.93. The normalized spacial score (nSPS) is 10.9. The lowest BCUT2D eigenvalue weighted by molar-refractivity contribution is -0.137. The Balaban J connectivity index is 2.61. The van der Waals surface area contributed by atoms with Crippen LogP contribution in [0.3, 0.4) is 0 Å². The lowest BCUT2D eigenvalue weighted by atomic mass is 10.1. The first-order valence-electron chi connectivity index (χ1n) is 5.92. The SMILES string of the molecule is C=C(C)COCCNc1ccc(C(F)(F)F)c(C#N)c1. The summed E-state index contributed by atoms with van der Waals surface area (Å²) >= 11 is 0. The fourth-order valence-corrected chi connectivity index (χ4v) is 1.51. The van der Waals surface area contributed by atoms with Gasteiger partial charge in [-0.2, -0.15) is 18.4 Å². The lowest BCUT2D eigenvalue weighted by Crippen LogP contribution is -2.12. The number of alkyl halides is 3. The van der Waals surface area contributed by atoms with Crippen LogP contribution in [0.25, 0.3) is 0 Å². The molecule has 0 saturated heterocycles. The van der Waals surface area contributed by atoms with Crippen molar-refractivity contribution in [1.82, 2.24) is 0 Å². The number of hydrogen-bond donors (Lipinski definition) is 1. The highest BCUT2D eigenvalue weighted by molar-refractivity contribution is 5.53. The van der Waals surface area contributed by atoms with Crippen molar-refractivity contribution in [2.75, 3.05) is 25.1 Å².